The van der Waals surface area contributed by atoms with Crippen LogP contribution >= 0.6 is 12.6 Å². The smallest absolute Gasteiger partial charge is 0.215 e. The molecule has 2 heterocycles. The van der Waals surface area contributed by atoms with E-state index in [1.54, 1.807) is 6.07 Å². The Morgan fingerprint density at radius 2 is 1.70 bits per heavy atom. The minimum atomic E-state index is -3.25. The summed E-state index contributed by atoms with van der Waals surface area (Å²) in [6, 6.07) is 18.3. The van der Waals surface area contributed by atoms with Gasteiger partial charge in [0.1, 0.15) is 0 Å². The van der Waals surface area contributed by atoms with Crippen LogP contribution in [0.2, 0.25) is 0 Å². The normalized spacial score (nSPS) is 14.3. The Labute approximate surface area is 184 Å². The Kier molecular flexibility index (Phi) is 5.19. The first-order chi connectivity index (χ1) is 14.1. The summed E-state index contributed by atoms with van der Waals surface area (Å²) in [6.07, 6.45) is 3.34. The number of anilines is 1. The maximum Gasteiger partial charge on any atom is 0.215 e. The molecule has 0 bridgehead atoms. The van der Waals surface area contributed by atoms with Gasteiger partial charge in [0, 0.05) is 55.1 Å². The van der Waals surface area contributed by atoms with Crippen molar-refractivity contribution in [3.05, 3.63) is 72.1 Å². The summed E-state index contributed by atoms with van der Waals surface area (Å²) >= 11 is 4.31. The van der Waals surface area contributed by atoms with Gasteiger partial charge in [-0.2, -0.15) is 17.2 Å². The first kappa shape index (κ1) is 20.9. The van der Waals surface area contributed by atoms with Crippen LogP contribution in [0.15, 0.2) is 65.7 Å². The van der Waals surface area contributed by atoms with Gasteiger partial charge in [-0.3, -0.25) is 0 Å². The molecular formula is C24H27N2O2S2+. The average Bonchev–Trinajstić information content (AvgIpc) is 2.94. The highest BCUT2D eigenvalue weighted by Crippen LogP contribution is 2.40. The summed E-state index contributed by atoms with van der Waals surface area (Å²) in [5, 5.41) is 0. The van der Waals surface area contributed by atoms with E-state index < -0.39 is 9.84 Å². The largest absolute Gasteiger partial charge is 0.374 e. The lowest BCUT2D eigenvalue weighted by Crippen LogP contribution is -2.34. The third kappa shape index (κ3) is 3.52. The maximum absolute atomic E-state index is 12.1. The van der Waals surface area contributed by atoms with Crippen LogP contribution in [0.5, 0.6) is 0 Å². The van der Waals surface area contributed by atoms with Crippen LogP contribution in [-0.2, 0) is 15.3 Å². The molecule has 156 valence electrons. The summed E-state index contributed by atoms with van der Waals surface area (Å²) in [5.41, 5.74) is 6.41. The molecule has 0 N–H and O–H groups in total. The van der Waals surface area contributed by atoms with Crippen molar-refractivity contribution in [1.29, 1.82) is 0 Å². The van der Waals surface area contributed by atoms with Crippen LogP contribution in [0.4, 0.5) is 5.69 Å². The zero-order valence-electron chi connectivity index (χ0n) is 17.8. The molecule has 4 rings (SSSR count). The Morgan fingerprint density at radius 1 is 1.00 bits per heavy atom. The molecule has 4 nitrogen and oxygen atoms in total. The van der Waals surface area contributed by atoms with Gasteiger partial charge in [0.15, 0.2) is 21.7 Å². The summed E-state index contributed by atoms with van der Waals surface area (Å²) in [7, 11) is -1.18. The molecule has 30 heavy (non-hydrogen) atoms. The van der Waals surface area contributed by atoms with Crippen molar-refractivity contribution in [2.24, 2.45) is 0 Å². The molecule has 0 amide bonds. The van der Waals surface area contributed by atoms with E-state index in [1.807, 2.05) is 12.1 Å². The Balaban J connectivity index is 1.74. The van der Waals surface area contributed by atoms with Crippen LogP contribution < -0.4 is 9.47 Å². The SMILES string of the molecule is CN(CCS)c1ccc(-c2cc[n+]3c(c2)C(C)(C)c2cc(S(C)(=O)=O)ccc2-3)cc1. The first-order valence-electron chi connectivity index (χ1n) is 9.96. The van der Waals surface area contributed by atoms with E-state index in [0.29, 0.717) is 4.90 Å². The fourth-order valence-corrected chi connectivity index (χ4v) is 5.10. The van der Waals surface area contributed by atoms with Crippen LogP contribution in [0, 0.1) is 0 Å². The van der Waals surface area contributed by atoms with Crippen molar-refractivity contribution in [2.45, 2.75) is 24.2 Å². The van der Waals surface area contributed by atoms with E-state index in [1.165, 1.54) is 11.9 Å². The minimum absolute atomic E-state index is 0.293. The number of nitrogens with zero attached hydrogens (tertiary/aromatic N) is 2. The lowest BCUT2D eigenvalue weighted by atomic mass is 9.82. The molecule has 1 aromatic heterocycles. The van der Waals surface area contributed by atoms with Gasteiger partial charge in [0.2, 0.25) is 5.69 Å². The van der Waals surface area contributed by atoms with Gasteiger partial charge in [-0.25, -0.2) is 8.42 Å². The Bertz CT molecular complexity index is 1220. The van der Waals surface area contributed by atoms with Gasteiger partial charge in [-0.05, 0) is 49.2 Å². The van der Waals surface area contributed by atoms with E-state index in [4.69, 9.17) is 0 Å². The summed E-state index contributed by atoms with van der Waals surface area (Å²) in [4.78, 5) is 2.55. The van der Waals surface area contributed by atoms with Crippen molar-refractivity contribution in [3.63, 3.8) is 0 Å². The average molecular weight is 440 g/mol. The summed E-state index contributed by atoms with van der Waals surface area (Å²) in [6.45, 7) is 5.20. The molecule has 1 aliphatic rings. The monoisotopic (exact) mass is 439 g/mol. The molecule has 0 radical (unpaired) electrons. The van der Waals surface area contributed by atoms with Gasteiger partial charge in [0.25, 0.3) is 0 Å². The molecule has 0 unspecified atom stereocenters. The number of rotatable bonds is 5. The number of hydrogen-bond donors (Lipinski definition) is 1. The number of aromatic nitrogens is 1. The molecule has 1 aliphatic heterocycles. The lowest BCUT2D eigenvalue weighted by Gasteiger charge is -2.18. The standard InChI is InChI=1S/C24H26N2O2S2/c1-24(2)21-16-20(30(4,27)28)9-10-22(21)26-12-11-18(15-23(24)26)17-5-7-19(8-6-17)25(3)13-14-29/h5-12,15-16H,13-14H2,1-4H3/p+1. The lowest BCUT2D eigenvalue weighted by molar-refractivity contribution is -0.599. The van der Waals surface area contributed by atoms with Crippen LogP contribution in [0.3, 0.4) is 0 Å². The Morgan fingerprint density at radius 3 is 2.33 bits per heavy atom. The molecule has 0 atom stereocenters. The van der Waals surface area contributed by atoms with Gasteiger partial charge in [-0.15, -0.1) is 0 Å². The van der Waals surface area contributed by atoms with E-state index in [2.05, 4.69) is 85.6 Å². The molecule has 0 aliphatic carbocycles. The molecule has 0 spiro atoms. The first-order valence-corrected chi connectivity index (χ1v) is 12.5. The molecular weight excluding hydrogens is 412 g/mol. The quantitative estimate of drug-likeness (QED) is 0.482. The predicted molar refractivity (Wildman–Crippen MR) is 126 cm³/mol. The molecule has 0 saturated heterocycles. The molecule has 0 saturated carbocycles. The van der Waals surface area contributed by atoms with Gasteiger partial charge >= 0.3 is 0 Å². The third-order valence-electron chi connectivity index (χ3n) is 6.00. The fraction of sp³-hybridized carbons (Fsp3) is 0.292. The van der Waals surface area contributed by atoms with Crippen molar-refractivity contribution < 1.29 is 13.0 Å². The zero-order chi connectivity index (χ0) is 21.7. The second-order valence-corrected chi connectivity index (χ2v) is 10.9. The van der Waals surface area contributed by atoms with Crippen LogP contribution in [0.1, 0.15) is 25.1 Å². The number of benzene rings is 2. The highest BCUT2D eigenvalue weighted by atomic mass is 32.2. The van der Waals surface area contributed by atoms with Crippen molar-refractivity contribution >= 4 is 28.2 Å². The second kappa shape index (κ2) is 7.43. The van der Waals surface area contributed by atoms with Crippen molar-refractivity contribution in [2.75, 3.05) is 30.5 Å². The highest BCUT2D eigenvalue weighted by molar-refractivity contribution is 7.90. The Hall–Kier alpha value is -2.31. The van der Waals surface area contributed by atoms with E-state index >= 15 is 0 Å². The van der Waals surface area contributed by atoms with Crippen molar-refractivity contribution in [3.8, 4) is 16.8 Å². The maximum atomic E-state index is 12.1. The minimum Gasteiger partial charge on any atom is -0.374 e. The summed E-state index contributed by atoms with van der Waals surface area (Å²) in [5.74, 6) is 0.816. The topological polar surface area (TPSA) is 41.3 Å². The summed E-state index contributed by atoms with van der Waals surface area (Å²) < 4.78 is 26.3. The number of pyridine rings is 1. The van der Waals surface area contributed by atoms with E-state index in [0.717, 1.165) is 40.4 Å². The molecule has 0 fully saturated rings. The van der Waals surface area contributed by atoms with Gasteiger partial charge < -0.3 is 4.90 Å². The fourth-order valence-electron chi connectivity index (χ4n) is 4.15. The van der Waals surface area contributed by atoms with Gasteiger partial charge in [-0.1, -0.05) is 12.1 Å². The molecule has 6 heteroatoms. The van der Waals surface area contributed by atoms with Crippen molar-refractivity contribution in [1.82, 2.24) is 0 Å². The number of sulfone groups is 1. The molecule has 2 aromatic carbocycles. The number of fused-ring (bicyclic) bond motifs is 3. The second-order valence-electron chi connectivity index (χ2n) is 8.44. The van der Waals surface area contributed by atoms with Crippen LogP contribution in [0.25, 0.3) is 16.8 Å². The zero-order valence-corrected chi connectivity index (χ0v) is 19.5. The number of hydrogen-bond acceptors (Lipinski definition) is 4. The van der Waals surface area contributed by atoms with E-state index in [-0.39, 0.29) is 5.41 Å². The van der Waals surface area contributed by atoms with Crippen LogP contribution in [-0.4, -0.2) is 34.0 Å². The molecule has 3 aromatic rings. The highest BCUT2D eigenvalue weighted by Gasteiger charge is 2.44. The number of thiol groups is 1. The third-order valence-corrected chi connectivity index (χ3v) is 7.31. The van der Waals surface area contributed by atoms with E-state index in [9.17, 15) is 8.42 Å². The van der Waals surface area contributed by atoms with Gasteiger partial charge in [0.05, 0.1) is 10.3 Å². The predicted octanol–water partition coefficient (Wildman–Crippen LogP) is 4.04.